The van der Waals surface area contributed by atoms with Gasteiger partial charge in [-0.25, -0.2) is 0 Å². The summed E-state index contributed by atoms with van der Waals surface area (Å²) in [6, 6.07) is 0. The highest BCUT2D eigenvalue weighted by molar-refractivity contribution is 7.73. The Kier molecular flexibility index (Phi) is 8.71. The predicted octanol–water partition coefficient (Wildman–Crippen LogP) is 1.60. The van der Waals surface area contributed by atoms with E-state index < -0.39 is 26.8 Å². The molecule has 8 nitrogen and oxygen atoms in total. The lowest BCUT2D eigenvalue weighted by Gasteiger charge is -2.33. The van der Waals surface area contributed by atoms with Gasteiger partial charge < -0.3 is 29.7 Å². The molecule has 0 aromatic heterocycles. The Labute approximate surface area is 119 Å². The Bertz CT molecular complexity index is 359. The molecule has 20 heavy (non-hydrogen) atoms. The molecule has 0 saturated heterocycles. The Hall–Kier alpha value is 0.220. The van der Waals surface area contributed by atoms with Gasteiger partial charge in [-0.3, -0.25) is 9.13 Å². The van der Waals surface area contributed by atoms with Crippen molar-refractivity contribution in [3.63, 3.8) is 0 Å². The Balaban J connectivity index is 5.25. The van der Waals surface area contributed by atoms with Crippen molar-refractivity contribution in [3.8, 4) is 0 Å². The van der Waals surface area contributed by atoms with Crippen LogP contribution < -0.4 is 5.73 Å². The van der Waals surface area contributed by atoms with E-state index in [2.05, 4.69) is 0 Å². The summed E-state index contributed by atoms with van der Waals surface area (Å²) < 4.78 is 34.0. The van der Waals surface area contributed by atoms with Crippen LogP contribution in [0.5, 0.6) is 0 Å². The zero-order valence-electron chi connectivity index (χ0n) is 11.9. The normalized spacial score (nSPS) is 16.1. The van der Waals surface area contributed by atoms with Gasteiger partial charge in [-0.15, -0.1) is 0 Å². The molecular weight excluding hydrogens is 308 g/mol. The number of rotatable bonds is 11. The Morgan fingerprint density at radius 2 is 1.45 bits per heavy atom. The first-order valence-corrected chi connectivity index (χ1v) is 9.71. The maximum Gasteiger partial charge on any atom is 0.375 e. The molecule has 0 heterocycles. The van der Waals surface area contributed by atoms with E-state index in [0.29, 0.717) is 12.8 Å². The molecule has 1 unspecified atom stereocenters. The fourth-order valence-electron chi connectivity index (χ4n) is 1.29. The van der Waals surface area contributed by atoms with Gasteiger partial charge in [0.05, 0.1) is 13.2 Å². The van der Waals surface area contributed by atoms with E-state index in [-0.39, 0.29) is 13.2 Å². The lowest BCUT2D eigenvalue weighted by molar-refractivity contribution is 0.101. The zero-order chi connectivity index (χ0) is 15.9. The molecule has 0 aromatic carbocycles. The highest BCUT2D eigenvalue weighted by Gasteiger charge is 2.61. The van der Waals surface area contributed by atoms with Crippen LogP contribution in [0, 0.1) is 0 Å². The van der Waals surface area contributed by atoms with Gasteiger partial charge in [-0.2, -0.15) is 0 Å². The van der Waals surface area contributed by atoms with Gasteiger partial charge in [0, 0.05) is 6.54 Å². The van der Waals surface area contributed by atoms with Crippen LogP contribution in [-0.4, -0.2) is 39.7 Å². The van der Waals surface area contributed by atoms with E-state index in [9.17, 15) is 24.0 Å². The van der Waals surface area contributed by atoms with Gasteiger partial charge in [-0.1, -0.05) is 26.7 Å². The molecule has 0 aliphatic carbocycles. The van der Waals surface area contributed by atoms with Gasteiger partial charge in [0.1, 0.15) is 0 Å². The van der Waals surface area contributed by atoms with Crippen LogP contribution in [-0.2, 0) is 18.2 Å². The van der Waals surface area contributed by atoms with Crippen molar-refractivity contribution < 1.29 is 33.1 Å². The van der Waals surface area contributed by atoms with Crippen LogP contribution in [0.15, 0.2) is 0 Å². The Morgan fingerprint density at radius 1 is 1.05 bits per heavy atom. The van der Waals surface area contributed by atoms with Crippen molar-refractivity contribution in [2.75, 3.05) is 19.8 Å². The fourth-order valence-corrected chi connectivity index (χ4v) is 4.60. The molecule has 122 valence electrons. The Morgan fingerprint density at radius 3 is 1.70 bits per heavy atom. The van der Waals surface area contributed by atoms with E-state index >= 15 is 0 Å². The molecule has 0 fully saturated rings. The van der Waals surface area contributed by atoms with Gasteiger partial charge in [0.15, 0.2) is 0 Å². The fraction of sp³-hybridized carbons (Fsp3) is 1.00. The largest absolute Gasteiger partial charge is 0.375 e. The van der Waals surface area contributed by atoms with Crippen molar-refractivity contribution in [1.82, 2.24) is 0 Å². The maximum atomic E-state index is 12.6. The smallest absolute Gasteiger partial charge is 0.367 e. The van der Waals surface area contributed by atoms with E-state index in [0.717, 1.165) is 12.8 Å². The third-order valence-corrected chi connectivity index (χ3v) is 7.43. The predicted molar refractivity (Wildman–Crippen MR) is 75.4 cm³/mol. The first-order chi connectivity index (χ1) is 9.18. The average molecular weight is 333 g/mol. The monoisotopic (exact) mass is 333 g/mol. The van der Waals surface area contributed by atoms with Gasteiger partial charge in [0.2, 0.25) is 0 Å². The minimum Gasteiger partial charge on any atom is -0.367 e. The summed E-state index contributed by atoms with van der Waals surface area (Å²) in [5.74, 6) is 0. The number of hydrogen-bond acceptors (Lipinski definition) is 6. The van der Waals surface area contributed by atoms with Crippen LogP contribution in [0.3, 0.4) is 0 Å². The van der Waals surface area contributed by atoms with Crippen molar-refractivity contribution >= 4 is 15.2 Å². The molecule has 0 saturated carbocycles. The molecule has 10 heteroatoms. The van der Waals surface area contributed by atoms with E-state index in [1.807, 2.05) is 13.8 Å². The van der Waals surface area contributed by atoms with Crippen LogP contribution in [0.2, 0.25) is 0 Å². The third-order valence-electron chi connectivity index (χ3n) is 2.70. The summed E-state index contributed by atoms with van der Waals surface area (Å²) in [5, 5.41) is 7.06. The minimum absolute atomic E-state index is 0.0395. The van der Waals surface area contributed by atoms with E-state index in [4.69, 9.17) is 14.8 Å². The van der Waals surface area contributed by atoms with Crippen molar-refractivity contribution in [3.05, 3.63) is 0 Å². The van der Waals surface area contributed by atoms with Crippen molar-refractivity contribution in [2.24, 2.45) is 5.73 Å². The molecule has 5 N–H and O–H groups in total. The van der Waals surface area contributed by atoms with Crippen LogP contribution in [0.25, 0.3) is 0 Å². The summed E-state index contributed by atoms with van der Waals surface area (Å²) in [5.41, 5.74) is 5.21. The molecule has 0 bridgehead atoms. The van der Waals surface area contributed by atoms with E-state index in [1.165, 1.54) is 0 Å². The standard InChI is InChI=1S/C10H25NO7P2/c1-3-5-7-17-20(16,18-8-6-4-2)10(12,9-11)19(13,14)15/h12H,3-9,11H2,1-2H3,(H2,13,14,15). The lowest BCUT2D eigenvalue weighted by Crippen LogP contribution is -2.39. The summed E-state index contributed by atoms with van der Waals surface area (Å²) in [6.45, 7) is 2.73. The molecule has 0 aliphatic rings. The minimum atomic E-state index is -5.19. The number of unbranched alkanes of at least 4 members (excludes halogenated alkanes) is 2. The molecule has 0 rings (SSSR count). The first kappa shape index (κ1) is 20.2. The number of hydrogen-bond donors (Lipinski definition) is 4. The van der Waals surface area contributed by atoms with Gasteiger partial charge >= 0.3 is 15.2 Å². The second-order valence-corrected chi connectivity index (χ2v) is 8.83. The molecule has 1 atom stereocenters. The van der Waals surface area contributed by atoms with Gasteiger partial charge in [0.25, 0.3) is 5.08 Å². The quantitative estimate of drug-likeness (QED) is 0.330. The molecule has 0 amide bonds. The third kappa shape index (κ3) is 4.90. The molecular formula is C10H25NO7P2. The second-order valence-electron chi connectivity index (χ2n) is 4.39. The van der Waals surface area contributed by atoms with Crippen LogP contribution in [0.1, 0.15) is 39.5 Å². The molecule has 0 aliphatic heterocycles. The van der Waals surface area contributed by atoms with Crippen LogP contribution >= 0.6 is 15.2 Å². The van der Waals surface area contributed by atoms with Crippen molar-refractivity contribution in [2.45, 2.75) is 44.6 Å². The lowest BCUT2D eigenvalue weighted by atomic mass is 10.4. The topological polar surface area (TPSA) is 139 Å². The second kappa shape index (κ2) is 8.61. The molecule has 0 radical (unpaired) electrons. The summed E-state index contributed by atoms with van der Waals surface area (Å²) in [4.78, 5) is 18.5. The molecule has 0 aromatic rings. The summed E-state index contributed by atoms with van der Waals surface area (Å²) in [7, 11) is -9.64. The summed E-state index contributed by atoms with van der Waals surface area (Å²) in [6.07, 6.45) is 2.49. The highest BCUT2D eigenvalue weighted by Crippen LogP contribution is 2.72. The zero-order valence-corrected chi connectivity index (χ0v) is 13.7. The van der Waals surface area contributed by atoms with Gasteiger partial charge in [-0.05, 0) is 12.8 Å². The highest BCUT2D eigenvalue weighted by atomic mass is 31.2. The number of aliphatic hydroxyl groups is 1. The van der Waals surface area contributed by atoms with Crippen LogP contribution in [0.4, 0.5) is 0 Å². The van der Waals surface area contributed by atoms with E-state index in [1.54, 1.807) is 0 Å². The number of nitrogens with two attached hydrogens (primary N) is 1. The maximum absolute atomic E-state index is 12.6. The molecule has 0 spiro atoms. The average Bonchev–Trinajstić information content (AvgIpc) is 2.37. The first-order valence-electron chi connectivity index (χ1n) is 6.55. The van der Waals surface area contributed by atoms with Crippen molar-refractivity contribution in [1.29, 1.82) is 0 Å². The summed E-state index contributed by atoms with van der Waals surface area (Å²) >= 11 is 0. The SMILES string of the molecule is CCCCOP(=O)(OCCCC)C(O)(CN)P(=O)(O)O.